The van der Waals surface area contributed by atoms with Crippen LogP contribution in [0.4, 0.5) is 5.69 Å². The van der Waals surface area contributed by atoms with Gasteiger partial charge in [-0.2, -0.15) is 0 Å². The molecule has 0 heterocycles. The summed E-state index contributed by atoms with van der Waals surface area (Å²) in [6, 6.07) is 10.1. The molecule has 134 valence electrons. The zero-order chi connectivity index (χ0) is 18.8. The van der Waals surface area contributed by atoms with Crippen molar-refractivity contribution in [3.63, 3.8) is 0 Å². The Hall–Kier alpha value is -2.34. The van der Waals surface area contributed by atoms with Gasteiger partial charge in [0, 0.05) is 11.6 Å². The first-order valence-corrected chi connectivity index (χ1v) is 9.60. The third-order valence-electron chi connectivity index (χ3n) is 4.01. The molecule has 2 aromatic carbocycles. The molecule has 0 aliphatic rings. The second-order valence-electron chi connectivity index (χ2n) is 6.46. The molecule has 0 spiro atoms. The Morgan fingerprint density at radius 3 is 2.32 bits per heavy atom. The molecule has 0 aliphatic carbocycles. The molecule has 1 amide bonds. The summed E-state index contributed by atoms with van der Waals surface area (Å²) >= 11 is 0. The van der Waals surface area contributed by atoms with Gasteiger partial charge in [-0.3, -0.25) is 9.52 Å². The summed E-state index contributed by atoms with van der Waals surface area (Å²) in [5.41, 5.74) is 3.32. The van der Waals surface area contributed by atoms with Crippen LogP contribution >= 0.6 is 0 Å². The summed E-state index contributed by atoms with van der Waals surface area (Å²) in [5, 5.41) is 2.77. The number of hydrogen-bond donors (Lipinski definition) is 2. The van der Waals surface area contributed by atoms with Gasteiger partial charge in [0.1, 0.15) is 0 Å². The first-order chi connectivity index (χ1) is 11.6. The average Bonchev–Trinajstić information content (AvgIpc) is 2.51. The second-order valence-corrected chi connectivity index (χ2v) is 8.11. The summed E-state index contributed by atoms with van der Waals surface area (Å²) in [5.74, 6) is -0.293. The maximum atomic E-state index is 12.8. The zero-order valence-corrected chi connectivity index (χ0v) is 16.0. The fraction of sp³-hybridized carbons (Fsp3) is 0.316. The van der Waals surface area contributed by atoms with Crippen molar-refractivity contribution in [1.82, 2.24) is 5.32 Å². The van der Waals surface area contributed by atoms with E-state index in [0.29, 0.717) is 16.8 Å². The third kappa shape index (κ3) is 4.39. The molecule has 0 aromatic heterocycles. The zero-order valence-electron chi connectivity index (χ0n) is 15.2. The first-order valence-electron chi connectivity index (χ1n) is 8.12. The predicted octanol–water partition coefficient (Wildman–Crippen LogP) is 3.55. The van der Waals surface area contributed by atoms with E-state index >= 15 is 0 Å². The van der Waals surface area contributed by atoms with E-state index in [4.69, 9.17) is 0 Å². The van der Waals surface area contributed by atoms with E-state index in [0.717, 1.165) is 11.1 Å². The van der Waals surface area contributed by atoms with E-state index in [1.54, 1.807) is 31.2 Å². The lowest BCUT2D eigenvalue weighted by atomic mass is 10.1. The minimum absolute atomic E-state index is 0.0260. The minimum atomic E-state index is -3.80. The van der Waals surface area contributed by atoms with Gasteiger partial charge in [-0.25, -0.2) is 8.42 Å². The Morgan fingerprint density at radius 2 is 1.68 bits per heavy atom. The highest BCUT2D eigenvalue weighted by Gasteiger charge is 2.20. The van der Waals surface area contributed by atoms with Crippen LogP contribution in [0.2, 0.25) is 0 Å². The molecule has 5 nitrogen and oxygen atoms in total. The fourth-order valence-electron chi connectivity index (χ4n) is 2.44. The molecule has 0 saturated carbocycles. The van der Waals surface area contributed by atoms with E-state index in [1.165, 1.54) is 6.07 Å². The van der Waals surface area contributed by atoms with Gasteiger partial charge in [-0.05, 0) is 69.5 Å². The molecule has 0 atom stereocenters. The SMILES string of the molecule is Cc1ccc(C(=O)NC(C)C)cc1S(=O)(=O)Nc1cccc(C)c1C. The highest BCUT2D eigenvalue weighted by molar-refractivity contribution is 7.92. The fourth-order valence-corrected chi connectivity index (χ4v) is 3.83. The van der Waals surface area contributed by atoms with Crippen molar-refractivity contribution < 1.29 is 13.2 Å². The van der Waals surface area contributed by atoms with Crippen molar-refractivity contribution in [2.75, 3.05) is 4.72 Å². The standard InChI is InChI=1S/C19H24N2O3S/c1-12(2)20-19(22)16-10-9-14(4)18(11-16)25(23,24)21-17-8-6-7-13(3)15(17)5/h6-12,21H,1-5H3,(H,20,22). The Bertz CT molecular complexity index is 903. The molecule has 0 bridgehead atoms. The molecule has 0 fully saturated rings. The number of aryl methyl sites for hydroxylation is 2. The van der Waals surface area contributed by atoms with Crippen LogP contribution in [0.3, 0.4) is 0 Å². The number of sulfonamides is 1. The van der Waals surface area contributed by atoms with E-state index in [1.807, 2.05) is 33.8 Å². The summed E-state index contributed by atoms with van der Waals surface area (Å²) in [6.07, 6.45) is 0. The summed E-state index contributed by atoms with van der Waals surface area (Å²) < 4.78 is 28.3. The van der Waals surface area contributed by atoms with Crippen LogP contribution in [0, 0.1) is 20.8 Å². The summed E-state index contributed by atoms with van der Waals surface area (Å²) in [6.45, 7) is 9.21. The van der Waals surface area contributed by atoms with E-state index in [2.05, 4.69) is 10.0 Å². The number of carbonyl (C=O) groups excluding carboxylic acids is 1. The molecular formula is C19H24N2O3S. The van der Waals surface area contributed by atoms with Crippen molar-refractivity contribution >= 4 is 21.6 Å². The van der Waals surface area contributed by atoms with Gasteiger partial charge < -0.3 is 5.32 Å². The molecule has 0 radical (unpaired) electrons. The molecule has 2 N–H and O–H groups in total. The third-order valence-corrected chi connectivity index (χ3v) is 5.52. The number of amides is 1. The number of anilines is 1. The van der Waals surface area contributed by atoms with Crippen LogP contribution in [0.25, 0.3) is 0 Å². The summed E-state index contributed by atoms with van der Waals surface area (Å²) in [4.78, 5) is 12.3. The number of rotatable bonds is 5. The molecule has 0 aliphatic heterocycles. The van der Waals surface area contributed by atoms with Crippen molar-refractivity contribution in [2.24, 2.45) is 0 Å². The van der Waals surface area contributed by atoms with Gasteiger partial charge in [-0.15, -0.1) is 0 Å². The molecule has 2 rings (SSSR count). The van der Waals surface area contributed by atoms with Gasteiger partial charge in [0.25, 0.3) is 15.9 Å². The average molecular weight is 360 g/mol. The van der Waals surface area contributed by atoms with E-state index in [-0.39, 0.29) is 16.8 Å². The van der Waals surface area contributed by atoms with E-state index < -0.39 is 10.0 Å². The van der Waals surface area contributed by atoms with Crippen molar-refractivity contribution in [2.45, 2.75) is 45.6 Å². The predicted molar refractivity (Wildman–Crippen MR) is 101 cm³/mol. The van der Waals surface area contributed by atoms with Gasteiger partial charge in [0.15, 0.2) is 0 Å². The smallest absolute Gasteiger partial charge is 0.262 e. The highest BCUT2D eigenvalue weighted by atomic mass is 32.2. The van der Waals surface area contributed by atoms with Crippen LogP contribution in [-0.4, -0.2) is 20.4 Å². The lowest BCUT2D eigenvalue weighted by Crippen LogP contribution is -2.30. The molecule has 2 aromatic rings. The van der Waals surface area contributed by atoms with Crippen molar-refractivity contribution in [1.29, 1.82) is 0 Å². The lowest BCUT2D eigenvalue weighted by molar-refractivity contribution is 0.0943. The van der Waals surface area contributed by atoms with Crippen molar-refractivity contribution in [3.8, 4) is 0 Å². The number of carbonyl (C=O) groups is 1. The summed E-state index contributed by atoms with van der Waals surface area (Å²) in [7, 11) is -3.80. The molecule has 0 unspecified atom stereocenters. The molecular weight excluding hydrogens is 336 g/mol. The molecule has 0 saturated heterocycles. The number of benzene rings is 2. The van der Waals surface area contributed by atoms with Gasteiger partial charge in [0.05, 0.1) is 10.6 Å². The minimum Gasteiger partial charge on any atom is -0.350 e. The quantitative estimate of drug-likeness (QED) is 0.856. The van der Waals surface area contributed by atoms with Crippen LogP contribution in [0.15, 0.2) is 41.3 Å². The van der Waals surface area contributed by atoms with Crippen LogP contribution in [0.5, 0.6) is 0 Å². The largest absolute Gasteiger partial charge is 0.350 e. The number of nitrogens with one attached hydrogen (secondary N) is 2. The maximum Gasteiger partial charge on any atom is 0.262 e. The Labute approximate surface area is 149 Å². The first kappa shape index (κ1) is 19.0. The maximum absolute atomic E-state index is 12.8. The lowest BCUT2D eigenvalue weighted by Gasteiger charge is -2.15. The topological polar surface area (TPSA) is 75.3 Å². The van der Waals surface area contributed by atoms with Gasteiger partial charge in [-0.1, -0.05) is 18.2 Å². The van der Waals surface area contributed by atoms with Crippen LogP contribution in [-0.2, 0) is 10.0 Å². The van der Waals surface area contributed by atoms with Gasteiger partial charge >= 0.3 is 0 Å². The highest BCUT2D eigenvalue weighted by Crippen LogP contribution is 2.24. The second kappa shape index (κ2) is 7.27. The Kier molecular flexibility index (Phi) is 5.52. The van der Waals surface area contributed by atoms with Gasteiger partial charge in [0.2, 0.25) is 0 Å². The Balaban J connectivity index is 2.42. The number of hydrogen-bond acceptors (Lipinski definition) is 3. The van der Waals surface area contributed by atoms with Crippen molar-refractivity contribution in [3.05, 3.63) is 58.7 Å². The monoisotopic (exact) mass is 360 g/mol. The van der Waals surface area contributed by atoms with Crippen LogP contribution in [0.1, 0.15) is 40.9 Å². The molecule has 25 heavy (non-hydrogen) atoms. The molecule has 6 heteroatoms. The van der Waals surface area contributed by atoms with Crippen LogP contribution < -0.4 is 10.0 Å². The van der Waals surface area contributed by atoms with E-state index in [9.17, 15) is 13.2 Å². The Morgan fingerprint density at radius 1 is 1.00 bits per heavy atom. The normalized spacial score (nSPS) is 11.4.